The number of aryl methyl sites for hydroxylation is 1. The second-order valence-corrected chi connectivity index (χ2v) is 3.61. The first-order valence-electron chi connectivity index (χ1n) is 4.97. The summed E-state index contributed by atoms with van der Waals surface area (Å²) in [5.41, 5.74) is 0. The molecule has 1 aromatic heterocycles. The molecule has 0 saturated carbocycles. The van der Waals surface area contributed by atoms with Crippen molar-refractivity contribution < 1.29 is 9.90 Å². The molecule has 1 rings (SSSR count). The van der Waals surface area contributed by atoms with Crippen molar-refractivity contribution in [1.82, 2.24) is 14.5 Å². The average Bonchev–Trinajstić information content (AvgIpc) is 2.58. The molecule has 5 nitrogen and oxygen atoms in total. The van der Waals surface area contributed by atoms with Gasteiger partial charge in [0.2, 0.25) is 0 Å². The highest BCUT2D eigenvalue weighted by molar-refractivity contribution is 5.66. The molecule has 0 unspecified atom stereocenters. The quantitative estimate of drug-likeness (QED) is 0.748. The lowest BCUT2D eigenvalue weighted by molar-refractivity contribution is -0.137. The van der Waals surface area contributed by atoms with Gasteiger partial charge < -0.3 is 14.6 Å². The minimum Gasteiger partial charge on any atom is -0.481 e. The van der Waals surface area contributed by atoms with Gasteiger partial charge in [0.1, 0.15) is 5.82 Å². The van der Waals surface area contributed by atoms with Crippen LogP contribution in [-0.4, -0.2) is 45.7 Å². The van der Waals surface area contributed by atoms with Crippen LogP contribution in [0.25, 0.3) is 0 Å². The Kier molecular flexibility index (Phi) is 4.30. The van der Waals surface area contributed by atoms with Gasteiger partial charge in [-0.05, 0) is 14.0 Å². The van der Waals surface area contributed by atoms with Crippen molar-refractivity contribution in [3.05, 3.63) is 18.2 Å². The SMILES string of the molecule is Cc1nccn1CCN(C)CCC(=O)O. The molecule has 5 heteroatoms. The Morgan fingerprint density at radius 3 is 2.87 bits per heavy atom. The Morgan fingerprint density at radius 1 is 1.60 bits per heavy atom. The van der Waals surface area contributed by atoms with E-state index >= 15 is 0 Å². The third kappa shape index (κ3) is 4.12. The predicted molar refractivity (Wildman–Crippen MR) is 56.7 cm³/mol. The number of likely N-dealkylation sites (N-methyl/N-ethyl adjacent to an activating group) is 1. The maximum absolute atomic E-state index is 10.3. The van der Waals surface area contributed by atoms with Crippen LogP contribution in [0.1, 0.15) is 12.2 Å². The largest absolute Gasteiger partial charge is 0.481 e. The zero-order valence-electron chi connectivity index (χ0n) is 9.18. The summed E-state index contributed by atoms with van der Waals surface area (Å²) in [6.07, 6.45) is 3.90. The molecule has 0 fully saturated rings. The molecule has 0 amide bonds. The molecule has 1 aromatic rings. The van der Waals surface area contributed by atoms with Gasteiger partial charge in [-0.2, -0.15) is 0 Å². The third-order valence-corrected chi connectivity index (χ3v) is 2.35. The molecule has 0 aromatic carbocycles. The van der Waals surface area contributed by atoms with E-state index in [-0.39, 0.29) is 6.42 Å². The highest BCUT2D eigenvalue weighted by Crippen LogP contribution is 1.96. The summed E-state index contributed by atoms with van der Waals surface area (Å²) in [6.45, 7) is 4.23. The van der Waals surface area contributed by atoms with Gasteiger partial charge in [-0.25, -0.2) is 4.98 Å². The Balaban J connectivity index is 2.25. The Bertz CT molecular complexity index is 322. The van der Waals surface area contributed by atoms with Crippen LogP contribution in [0.15, 0.2) is 12.4 Å². The summed E-state index contributed by atoms with van der Waals surface area (Å²) in [7, 11) is 1.93. The van der Waals surface area contributed by atoms with E-state index in [0.29, 0.717) is 6.54 Å². The number of aromatic nitrogens is 2. The van der Waals surface area contributed by atoms with Crippen LogP contribution in [0.3, 0.4) is 0 Å². The lowest BCUT2D eigenvalue weighted by Crippen LogP contribution is -2.26. The van der Waals surface area contributed by atoms with Gasteiger partial charge in [-0.15, -0.1) is 0 Å². The average molecular weight is 211 g/mol. The predicted octanol–water partition coefficient (Wildman–Crippen LogP) is 0.598. The molecule has 0 aliphatic rings. The lowest BCUT2D eigenvalue weighted by atomic mass is 10.4. The first kappa shape index (κ1) is 11.7. The zero-order valence-corrected chi connectivity index (χ0v) is 9.18. The van der Waals surface area contributed by atoms with Gasteiger partial charge in [-0.3, -0.25) is 4.79 Å². The second-order valence-electron chi connectivity index (χ2n) is 3.61. The molecule has 0 radical (unpaired) electrons. The van der Waals surface area contributed by atoms with Gasteiger partial charge in [0, 0.05) is 32.0 Å². The van der Waals surface area contributed by atoms with Crippen molar-refractivity contribution in [2.45, 2.75) is 19.9 Å². The van der Waals surface area contributed by atoms with E-state index < -0.39 is 5.97 Å². The van der Waals surface area contributed by atoms with Crippen LogP contribution in [0, 0.1) is 6.92 Å². The van der Waals surface area contributed by atoms with Crippen LogP contribution in [0.5, 0.6) is 0 Å². The fourth-order valence-electron chi connectivity index (χ4n) is 1.32. The summed E-state index contributed by atoms with van der Waals surface area (Å²) in [4.78, 5) is 16.5. The summed E-state index contributed by atoms with van der Waals surface area (Å²) in [6, 6.07) is 0. The smallest absolute Gasteiger partial charge is 0.304 e. The zero-order chi connectivity index (χ0) is 11.3. The number of carboxylic acid groups (broad SMARTS) is 1. The van der Waals surface area contributed by atoms with E-state index in [4.69, 9.17) is 5.11 Å². The number of imidazole rings is 1. The number of carboxylic acids is 1. The van der Waals surface area contributed by atoms with Crippen molar-refractivity contribution in [2.24, 2.45) is 0 Å². The molecule has 1 N–H and O–H groups in total. The summed E-state index contributed by atoms with van der Waals surface area (Å²) in [5, 5.41) is 8.52. The molecule has 1 heterocycles. The molecular weight excluding hydrogens is 194 g/mol. The van der Waals surface area contributed by atoms with E-state index in [1.165, 1.54) is 0 Å². The van der Waals surface area contributed by atoms with E-state index in [1.54, 1.807) is 6.20 Å². The van der Waals surface area contributed by atoms with Gasteiger partial charge in [0.25, 0.3) is 0 Å². The van der Waals surface area contributed by atoms with Gasteiger partial charge in [-0.1, -0.05) is 0 Å². The number of aliphatic carboxylic acids is 1. The lowest BCUT2D eigenvalue weighted by Gasteiger charge is -2.15. The van der Waals surface area contributed by atoms with Crippen LogP contribution < -0.4 is 0 Å². The maximum Gasteiger partial charge on any atom is 0.304 e. The molecule has 0 bridgehead atoms. The fraction of sp³-hybridized carbons (Fsp3) is 0.600. The van der Waals surface area contributed by atoms with Crippen LogP contribution in [-0.2, 0) is 11.3 Å². The summed E-state index contributed by atoms with van der Waals surface area (Å²) >= 11 is 0. The van der Waals surface area contributed by atoms with Crippen LogP contribution in [0.2, 0.25) is 0 Å². The molecular formula is C10H17N3O2. The maximum atomic E-state index is 10.3. The molecule has 0 spiro atoms. The first-order valence-corrected chi connectivity index (χ1v) is 4.97. The molecule has 84 valence electrons. The highest BCUT2D eigenvalue weighted by Gasteiger charge is 2.03. The van der Waals surface area contributed by atoms with Gasteiger partial charge >= 0.3 is 5.97 Å². The van der Waals surface area contributed by atoms with E-state index in [2.05, 4.69) is 9.55 Å². The Hall–Kier alpha value is -1.36. The fourth-order valence-corrected chi connectivity index (χ4v) is 1.32. The van der Waals surface area contributed by atoms with Crippen molar-refractivity contribution in [3.8, 4) is 0 Å². The number of rotatable bonds is 6. The summed E-state index contributed by atoms with van der Waals surface area (Å²) < 4.78 is 2.05. The standard InChI is InChI=1S/C10H17N3O2/c1-9-11-4-6-13(9)8-7-12(2)5-3-10(14)15/h4,6H,3,5,7-8H2,1-2H3,(H,14,15). The van der Waals surface area contributed by atoms with Crippen molar-refractivity contribution in [1.29, 1.82) is 0 Å². The molecule has 0 atom stereocenters. The molecule has 0 aliphatic heterocycles. The van der Waals surface area contributed by atoms with E-state index in [9.17, 15) is 4.79 Å². The monoisotopic (exact) mass is 211 g/mol. The number of hydrogen-bond donors (Lipinski definition) is 1. The van der Waals surface area contributed by atoms with E-state index in [0.717, 1.165) is 18.9 Å². The van der Waals surface area contributed by atoms with Gasteiger partial charge in [0.05, 0.1) is 6.42 Å². The highest BCUT2D eigenvalue weighted by atomic mass is 16.4. The Morgan fingerprint density at radius 2 is 2.33 bits per heavy atom. The van der Waals surface area contributed by atoms with Crippen molar-refractivity contribution in [2.75, 3.05) is 20.1 Å². The third-order valence-electron chi connectivity index (χ3n) is 2.35. The minimum atomic E-state index is -0.749. The number of nitrogens with zero attached hydrogens (tertiary/aromatic N) is 3. The number of carbonyl (C=O) groups is 1. The summed E-state index contributed by atoms with van der Waals surface area (Å²) in [5.74, 6) is 0.238. The molecule has 0 aliphatic carbocycles. The number of hydrogen-bond acceptors (Lipinski definition) is 3. The topological polar surface area (TPSA) is 58.4 Å². The minimum absolute atomic E-state index is 0.194. The normalized spacial score (nSPS) is 10.9. The van der Waals surface area contributed by atoms with Gasteiger partial charge in [0.15, 0.2) is 0 Å². The first-order chi connectivity index (χ1) is 7.09. The van der Waals surface area contributed by atoms with Crippen LogP contribution >= 0.6 is 0 Å². The van der Waals surface area contributed by atoms with Crippen LogP contribution in [0.4, 0.5) is 0 Å². The molecule has 15 heavy (non-hydrogen) atoms. The van der Waals surface area contributed by atoms with Crippen molar-refractivity contribution in [3.63, 3.8) is 0 Å². The van der Waals surface area contributed by atoms with E-state index in [1.807, 2.05) is 25.1 Å². The van der Waals surface area contributed by atoms with Crippen molar-refractivity contribution >= 4 is 5.97 Å². The molecule has 0 saturated heterocycles. The second kappa shape index (κ2) is 5.50. The Labute approximate surface area is 89.3 Å².